The quantitative estimate of drug-likeness (QED) is 0.561. The molecule has 1 aromatic heterocycles. The molecular formula is C14H22N2O4. The zero-order valence-electron chi connectivity index (χ0n) is 12.5. The van der Waals surface area contributed by atoms with E-state index < -0.39 is 17.4 Å². The van der Waals surface area contributed by atoms with Gasteiger partial charge in [0.2, 0.25) is 0 Å². The Kier molecular flexibility index (Phi) is 5.73. The molecule has 6 nitrogen and oxygen atoms in total. The first-order chi connectivity index (χ1) is 9.47. The highest BCUT2D eigenvalue weighted by atomic mass is 16.6. The van der Waals surface area contributed by atoms with Gasteiger partial charge in [0.05, 0.1) is 19.4 Å². The van der Waals surface area contributed by atoms with E-state index in [4.69, 9.17) is 9.47 Å². The van der Waals surface area contributed by atoms with Crippen LogP contribution in [0.1, 0.15) is 33.3 Å². The van der Waals surface area contributed by atoms with E-state index in [2.05, 4.69) is 5.10 Å². The van der Waals surface area contributed by atoms with Crippen LogP contribution in [-0.2, 0) is 32.0 Å². The van der Waals surface area contributed by atoms with Crippen molar-refractivity contribution in [2.75, 3.05) is 13.2 Å². The molecule has 0 saturated heterocycles. The summed E-state index contributed by atoms with van der Waals surface area (Å²) in [6.45, 7) is 8.11. The smallest absolute Gasteiger partial charge is 0.323 e. The van der Waals surface area contributed by atoms with Crippen molar-refractivity contribution in [1.82, 2.24) is 9.78 Å². The standard InChI is InChI=1S/C14H22N2O4/c1-5-16-10-11(9-15-16)8-14(4,12(17)19-6-2)13(18)20-7-3/h9-10H,5-8H2,1-4H3. The van der Waals surface area contributed by atoms with Gasteiger partial charge < -0.3 is 9.47 Å². The van der Waals surface area contributed by atoms with Crippen LogP contribution in [0.15, 0.2) is 12.4 Å². The number of carbonyl (C=O) groups is 2. The molecule has 0 N–H and O–H groups in total. The van der Waals surface area contributed by atoms with Crippen molar-refractivity contribution in [2.24, 2.45) is 5.41 Å². The van der Waals surface area contributed by atoms with Crippen LogP contribution in [-0.4, -0.2) is 34.9 Å². The van der Waals surface area contributed by atoms with Crippen LogP contribution in [0.2, 0.25) is 0 Å². The fourth-order valence-corrected chi connectivity index (χ4v) is 1.89. The third-order valence-corrected chi connectivity index (χ3v) is 3.02. The summed E-state index contributed by atoms with van der Waals surface area (Å²) < 4.78 is 11.8. The van der Waals surface area contributed by atoms with Crippen LogP contribution in [0, 0.1) is 5.41 Å². The topological polar surface area (TPSA) is 70.4 Å². The maximum atomic E-state index is 12.1. The average Bonchev–Trinajstić information content (AvgIpc) is 2.86. The lowest BCUT2D eigenvalue weighted by atomic mass is 9.84. The SMILES string of the molecule is CCOC(=O)C(C)(Cc1cnn(CC)c1)C(=O)OCC. The van der Waals surface area contributed by atoms with Crippen LogP contribution in [0.25, 0.3) is 0 Å². The number of carbonyl (C=O) groups excluding carboxylic acids is 2. The lowest BCUT2D eigenvalue weighted by Crippen LogP contribution is -2.41. The summed E-state index contributed by atoms with van der Waals surface area (Å²) in [5.74, 6) is -1.13. The Bertz CT molecular complexity index is 449. The van der Waals surface area contributed by atoms with Crippen molar-refractivity contribution < 1.29 is 19.1 Å². The van der Waals surface area contributed by atoms with Crippen LogP contribution in [0.4, 0.5) is 0 Å². The van der Waals surface area contributed by atoms with Gasteiger partial charge in [0, 0.05) is 19.2 Å². The molecule has 112 valence electrons. The largest absolute Gasteiger partial charge is 0.465 e. The second kappa shape index (κ2) is 7.07. The second-order valence-corrected chi connectivity index (χ2v) is 4.65. The summed E-state index contributed by atoms with van der Waals surface area (Å²) in [5.41, 5.74) is -0.538. The Balaban J connectivity index is 2.97. The number of hydrogen-bond acceptors (Lipinski definition) is 5. The van der Waals surface area contributed by atoms with Crippen molar-refractivity contribution >= 4 is 11.9 Å². The molecular weight excluding hydrogens is 260 g/mol. The number of rotatable bonds is 7. The number of nitrogens with zero attached hydrogens (tertiary/aromatic N) is 2. The Morgan fingerprint density at radius 2 is 1.75 bits per heavy atom. The number of esters is 2. The molecule has 0 aliphatic rings. The summed E-state index contributed by atoms with van der Waals surface area (Å²) in [5, 5.41) is 4.14. The first-order valence-electron chi connectivity index (χ1n) is 6.83. The van der Waals surface area contributed by atoms with E-state index in [0.717, 1.165) is 12.1 Å². The molecule has 20 heavy (non-hydrogen) atoms. The van der Waals surface area contributed by atoms with Gasteiger partial charge in [-0.2, -0.15) is 5.10 Å². The van der Waals surface area contributed by atoms with Crippen molar-refractivity contribution in [3.05, 3.63) is 18.0 Å². The van der Waals surface area contributed by atoms with Crippen molar-refractivity contribution in [3.63, 3.8) is 0 Å². The summed E-state index contributed by atoms with van der Waals surface area (Å²) in [6, 6.07) is 0. The molecule has 0 unspecified atom stereocenters. The van der Waals surface area contributed by atoms with Gasteiger partial charge in [-0.15, -0.1) is 0 Å². The van der Waals surface area contributed by atoms with Crippen LogP contribution >= 0.6 is 0 Å². The van der Waals surface area contributed by atoms with Gasteiger partial charge in [-0.05, 0) is 33.3 Å². The molecule has 0 fully saturated rings. The van der Waals surface area contributed by atoms with Crippen LogP contribution in [0.5, 0.6) is 0 Å². The molecule has 0 atom stereocenters. The Labute approximate surface area is 119 Å². The van der Waals surface area contributed by atoms with E-state index in [1.165, 1.54) is 0 Å². The molecule has 0 bridgehead atoms. The molecule has 1 rings (SSSR count). The predicted octanol–water partition coefficient (Wildman–Crippen LogP) is 1.58. The highest BCUT2D eigenvalue weighted by Crippen LogP contribution is 2.26. The lowest BCUT2D eigenvalue weighted by molar-refractivity contribution is -0.170. The van der Waals surface area contributed by atoms with E-state index in [9.17, 15) is 9.59 Å². The van der Waals surface area contributed by atoms with Gasteiger partial charge in [0.1, 0.15) is 0 Å². The minimum Gasteiger partial charge on any atom is -0.465 e. The zero-order valence-corrected chi connectivity index (χ0v) is 12.5. The minimum atomic E-state index is -1.34. The monoisotopic (exact) mass is 282 g/mol. The molecule has 6 heteroatoms. The third kappa shape index (κ3) is 3.59. The summed E-state index contributed by atoms with van der Waals surface area (Å²) >= 11 is 0. The Morgan fingerprint density at radius 3 is 2.15 bits per heavy atom. The number of aryl methyl sites for hydroxylation is 1. The molecule has 0 amide bonds. The fraction of sp³-hybridized carbons (Fsp3) is 0.643. The molecule has 0 aliphatic carbocycles. The van der Waals surface area contributed by atoms with Crippen LogP contribution < -0.4 is 0 Å². The maximum absolute atomic E-state index is 12.1. The number of ether oxygens (including phenoxy) is 2. The van der Waals surface area contributed by atoms with E-state index in [1.54, 1.807) is 31.6 Å². The van der Waals surface area contributed by atoms with E-state index in [-0.39, 0.29) is 19.6 Å². The maximum Gasteiger partial charge on any atom is 0.323 e. The first-order valence-corrected chi connectivity index (χ1v) is 6.83. The van der Waals surface area contributed by atoms with Gasteiger partial charge in [-0.3, -0.25) is 14.3 Å². The third-order valence-electron chi connectivity index (χ3n) is 3.02. The second-order valence-electron chi connectivity index (χ2n) is 4.65. The minimum absolute atomic E-state index is 0.213. The molecule has 0 aromatic carbocycles. The van der Waals surface area contributed by atoms with Gasteiger partial charge in [0.15, 0.2) is 5.41 Å². The van der Waals surface area contributed by atoms with E-state index in [1.807, 2.05) is 13.1 Å². The zero-order chi connectivity index (χ0) is 15.2. The average molecular weight is 282 g/mol. The predicted molar refractivity (Wildman–Crippen MR) is 73.0 cm³/mol. The summed E-state index contributed by atoms with van der Waals surface area (Å²) in [4.78, 5) is 24.2. The summed E-state index contributed by atoms with van der Waals surface area (Å²) in [7, 11) is 0. The van der Waals surface area contributed by atoms with Crippen molar-refractivity contribution in [2.45, 2.75) is 40.7 Å². The molecule has 0 saturated carbocycles. The van der Waals surface area contributed by atoms with Crippen LogP contribution in [0.3, 0.4) is 0 Å². The van der Waals surface area contributed by atoms with E-state index in [0.29, 0.717) is 0 Å². The molecule has 0 aliphatic heterocycles. The Morgan fingerprint density at radius 1 is 1.20 bits per heavy atom. The summed E-state index contributed by atoms with van der Waals surface area (Å²) in [6.07, 6.45) is 3.68. The van der Waals surface area contributed by atoms with E-state index >= 15 is 0 Å². The Hall–Kier alpha value is -1.85. The molecule has 0 spiro atoms. The van der Waals surface area contributed by atoms with Gasteiger partial charge in [-0.1, -0.05) is 0 Å². The number of hydrogen-bond donors (Lipinski definition) is 0. The highest BCUT2D eigenvalue weighted by molar-refractivity contribution is 5.99. The van der Waals surface area contributed by atoms with Crippen molar-refractivity contribution in [1.29, 1.82) is 0 Å². The number of aromatic nitrogens is 2. The highest BCUT2D eigenvalue weighted by Gasteiger charge is 2.44. The fourth-order valence-electron chi connectivity index (χ4n) is 1.89. The molecule has 1 aromatic rings. The van der Waals surface area contributed by atoms with Gasteiger partial charge in [0.25, 0.3) is 0 Å². The molecule has 1 heterocycles. The van der Waals surface area contributed by atoms with Gasteiger partial charge >= 0.3 is 11.9 Å². The van der Waals surface area contributed by atoms with Gasteiger partial charge in [-0.25, -0.2) is 0 Å². The van der Waals surface area contributed by atoms with Crippen molar-refractivity contribution in [3.8, 4) is 0 Å². The first kappa shape index (κ1) is 16.2. The lowest BCUT2D eigenvalue weighted by Gasteiger charge is -2.24. The molecule has 0 radical (unpaired) electrons. The normalized spacial score (nSPS) is 11.2.